The number of rotatable bonds is 2. The summed E-state index contributed by atoms with van der Waals surface area (Å²) >= 11 is 0. The molecule has 1 aliphatic heterocycles. The predicted molar refractivity (Wildman–Crippen MR) is 77.7 cm³/mol. The first kappa shape index (κ1) is 14.8. The van der Waals surface area contributed by atoms with Gasteiger partial charge in [-0.3, -0.25) is 4.98 Å². The Bertz CT molecular complexity index is 482. The van der Waals surface area contributed by atoms with Crippen LogP contribution in [0, 0.1) is 6.92 Å². The Morgan fingerprint density at radius 1 is 1.45 bits per heavy atom. The van der Waals surface area contributed by atoms with Crippen LogP contribution in [0.25, 0.3) is 0 Å². The van der Waals surface area contributed by atoms with Crippen LogP contribution in [0.5, 0.6) is 0 Å². The monoisotopic (exact) mass is 277 g/mol. The molecule has 20 heavy (non-hydrogen) atoms. The average molecular weight is 277 g/mol. The van der Waals surface area contributed by atoms with Crippen molar-refractivity contribution in [3.05, 3.63) is 29.6 Å². The number of hydrogen-bond acceptors (Lipinski definition) is 4. The topological polar surface area (TPSA) is 63.2 Å². The summed E-state index contributed by atoms with van der Waals surface area (Å²) in [4.78, 5) is 16.3. The standard InChI is InChI=1S/C15H23N3O2/c1-10-5-6-17-12(7-10)11-8-16-9-13(11)18-14(19)20-15(2,3)4/h5-7,11,13,16H,8-9H2,1-4H3,(H,18,19). The fourth-order valence-corrected chi connectivity index (χ4v) is 2.36. The van der Waals surface area contributed by atoms with Gasteiger partial charge in [-0.1, -0.05) is 0 Å². The van der Waals surface area contributed by atoms with E-state index in [-0.39, 0.29) is 18.1 Å². The number of nitrogens with one attached hydrogen (secondary N) is 2. The number of aromatic nitrogens is 1. The normalized spacial score (nSPS) is 22.6. The van der Waals surface area contributed by atoms with Gasteiger partial charge in [0, 0.05) is 30.9 Å². The molecule has 1 aliphatic rings. The minimum Gasteiger partial charge on any atom is -0.444 e. The lowest BCUT2D eigenvalue weighted by Crippen LogP contribution is -2.42. The van der Waals surface area contributed by atoms with E-state index in [1.807, 2.05) is 40.0 Å². The van der Waals surface area contributed by atoms with Gasteiger partial charge in [0.05, 0.1) is 6.04 Å². The molecule has 0 aromatic carbocycles. The summed E-state index contributed by atoms with van der Waals surface area (Å²) in [5, 5.41) is 6.24. The van der Waals surface area contributed by atoms with Crippen LogP contribution < -0.4 is 10.6 Å². The summed E-state index contributed by atoms with van der Waals surface area (Å²) < 4.78 is 5.31. The van der Waals surface area contributed by atoms with E-state index < -0.39 is 5.60 Å². The Balaban J connectivity index is 2.03. The molecule has 5 nitrogen and oxygen atoms in total. The number of carbonyl (C=O) groups is 1. The zero-order chi connectivity index (χ0) is 14.8. The quantitative estimate of drug-likeness (QED) is 0.867. The smallest absolute Gasteiger partial charge is 0.407 e. The summed E-state index contributed by atoms with van der Waals surface area (Å²) in [6.45, 7) is 9.18. The highest BCUT2D eigenvalue weighted by molar-refractivity contribution is 5.68. The SMILES string of the molecule is Cc1ccnc(C2CNCC2NC(=O)OC(C)(C)C)c1. The van der Waals surface area contributed by atoms with Crippen molar-refractivity contribution in [1.29, 1.82) is 0 Å². The predicted octanol–water partition coefficient (Wildman–Crippen LogP) is 1.97. The zero-order valence-corrected chi connectivity index (χ0v) is 12.6. The minimum atomic E-state index is -0.479. The molecule has 1 aromatic heterocycles. The van der Waals surface area contributed by atoms with Gasteiger partial charge < -0.3 is 15.4 Å². The fourth-order valence-electron chi connectivity index (χ4n) is 2.36. The average Bonchev–Trinajstić information content (AvgIpc) is 2.74. The molecule has 0 bridgehead atoms. The van der Waals surface area contributed by atoms with E-state index in [0.717, 1.165) is 18.8 Å². The zero-order valence-electron chi connectivity index (χ0n) is 12.6. The van der Waals surface area contributed by atoms with Crippen LogP contribution in [0.1, 0.15) is 37.9 Å². The third-order valence-corrected chi connectivity index (χ3v) is 3.23. The Kier molecular flexibility index (Phi) is 4.28. The number of nitrogens with zero attached hydrogens (tertiary/aromatic N) is 1. The number of carbonyl (C=O) groups excluding carboxylic acids is 1. The van der Waals surface area contributed by atoms with Gasteiger partial charge in [0.25, 0.3) is 0 Å². The number of aryl methyl sites for hydroxylation is 1. The highest BCUT2D eigenvalue weighted by Crippen LogP contribution is 2.22. The molecular formula is C15H23N3O2. The molecule has 1 amide bonds. The van der Waals surface area contributed by atoms with Crippen molar-refractivity contribution in [2.24, 2.45) is 0 Å². The third kappa shape index (κ3) is 3.93. The lowest BCUT2D eigenvalue weighted by molar-refractivity contribution is 0.0504. The molecular weight excluding hydrogens is 254 g/mol. The molecule has 5 heteroatoms. The van der Waals surface area contributed by atoms with Gasteiger partial charge >= 0.3 is 6.09 Å². The van der Waals surface area contributed by atoms with Crippen molar-refractivity contribution < 1.29 is 9.53 Å². The molecule has 2 atom stereocenters. The van der Waals surface area contributed by atoms with Gasteiger partial charge in [0.1, 0.15) is 5.60 Å². The lowest BCUT2D eigenvalue weighted by atomic mass is 9.98. The molecule has 0 radical (unpaired) electrons. The van der Waals surface area contributed by atoms with Gasteiger partial charge in [0.15, 0.2) is 0 Å². The van der Waals surface area contributed by atoms with Crippen LogP contribution in [0.2, 0.25) is 0 Å². The molecule has 2 unspecified atom stereocenters. The molecule has 0 spiro atoms. The molecule has 2 N–H and O–H groups in total. The second-order valence-corrected chi connectivity index (χ2v) is 6.28. The van der Waals surface area contributed by atoms with Gasteiger partial charge in [-0.05, 0) is 45.4 Å². The summed E-state index contributed by atoms with van der Waals surface area (Å²) in [7, 11) is 0. The lowest BCUT2D eigenvalue weighted by Gasteiger charge is -2.24. The van der Waals surface area contributed by atoms with Crippen molar-refractivity contribution in [3.8, 4) is 0 Å². The van der Waals surface area contributed by atoms with E-state index in [2.05, 4.69) is 21.7 Å². The van der Waals surface area contributed by atoms with Crippen LogP contribution in [-0.4, -0.2) is 35.8 Å². The summed E-state index contributed by atoms with van der Waals surface area (Å²) in [6, 6.07) is 4.06. The van der Waals surface area contributed by atoms with Gasteiger partial charge in [-0.25, -0.2) is 4.79 Å². The van der Waals surface area contributed by atoms with E-state index in [1.165, 1.54) is 5.56 Å². The van der Waals surface area contributed by atoms with E-state index >= 15 is 0 Å². The first-order chi connectivity index (χ1) is 9.35. The Labute approximate surface area is 120 Å². The second kappa shape index (κ2) is 5.79. The number of hydrogen-bond donors (Lipinski definition) is 2. The van der Waals surface area contributed by atoms with Crippen LogP contribution in [0.3, 0.4) is 0 Å². The maximum absolute atomic E-state index is 11.9. The van der Waals surface area contributed by atoms with Crippen molar-refractivity contribution in [2.75, 3.05) is 13.1 Å². The van der Waals surface area contributed by atoms with Crippen molar-refractivity contribution in [3.63, 3.8) is 0 Å². The first-order valence-corrected chi connectivity index (χ1v) is 6.98. The summed E-state index contributed by atoms with van der Waals surface area (Å²) in [5.74, 6) is 0.183. The van der Waals surface area contributed by atoms with Crippen LogP contribution >= 0.6 is 0 Å². The van der Waals surface area contributed by atoms with Gasteiger partial charge in [-0.2, -0.15) is 0 Å². The minimum absolute atomic E-state index is 0.0131. The Morgan fingerprint density at radius 3 is 2.85 bits per heavy atom. The highest BCUT2D eigenvalue weighted by atomic mass is 16.6. The molecule has 1 saturated heterocycles. The third-order valence-electron chi connectivity index (χ3n) is 3.23. The highest BCUT2D eigenvalue weighted by Gasteiger charge is 2.31. The largest absolute Gasteiger partial charge is 0.444 e. The molecule has 2 rings (SSSR count). The molecule has 0 aliphatic carbocycles. The summed E-state index contributed by atoms with van der Waals surface area (Å²) in [6.07, 6.45) is 1.44. The number of pyridine rings is 1. The number of ether oxygens (including phenoxy) is 1. The van der Waals surface area contributed by atoms with E-state index in [4.69, 9.17) is 4.74 Å². The van der Waals surface area contributed by atoms with Crippen LogP contribution in [0.15, 0.2) is 18.3 Å². The van der Waals surface area contributed by atoms with E-state index in [0.29, 0.717) is 0 Å². The Morgan fingerprint density at radius 2 is 2.20 bits per heavy atom. The maximum Gasteiger partial charge on any atom is 0.407 e. The van der Waals surface area contributed by atoms with Crippen LogP contribution in [-0.2, 0) is 4.74 Å². The molecule has 0 saturated carbocycles. The van der Waals surface area contributed by atoms with Crippen molar-refractivity contribution in [2.45, 2.75) is 45.3 Å². The van der Waals surface area contributed by atoms with Gasteiger partial charge in [0.2, 0.25) is 0 Å². The molecule has 2 heterocycles. The van der Waals surface area contributed by atoms with E-state index in [9.17, 15) is 4.79 Å². The molecule has 1 fully saturated rings. The van der Waals surface area contributed by atoms with Crippen LogP contribution in [0.4, 0.5) is 4.79 Å². The number of alkyl carbamates (subject to hydrolysis) is 1. The molecule has 110 valence electrons. The summed E-state index contributed by atoms with van der Waals surface area (Å²) in [5.41, 5.74) is 1.71. The maximum atomic E-state index is 11.9. The molecule has 1 aromatic rings. The number of amides is 1. The second-order valence-electron chi connectivity index (χ2n) is 6.28. The van der Waals surface area contributed by atoms with Crippen molar-refractivity contribution in [1.82, 2.24) is 15.6 Å². The fraction of sp³-hybridized carbons (Fsp3) is 0.600. The first-order valence-electron chi connectivity index (χ1n) is 6.98. The van der Waals surface area contributed by atoms with Crippen molar-refractivity contribution >= 4 is 6.09 Å². The van der Waals surface area contributed by atoms with Gasteiger partial charge in [-0.15, -0.1) is 0 Å². The van der Waals surface area contributed by atoms with E-state index in [1.54, 1.807) is 0 Å². The Hall–Kier alpha value is -1.62.